The third-order valence-electron chi connectivity index (χ3n) is 2.36. The van der Waals surface area contributed by atoms with Gasteiger partial charge in [0.15, 0.2) is 0 Å². The predicted octanol–water partition coefficient (Wildman–Crippen LogP) is 1.95. The SMILES string of the molecule is CCC(CC#N)NC(=O)c1ccc(O)cc1F. The zero-order valence-electron chi connectivity index (χ0n) is 9.40. The van der Waals surface area contributed by atoms with Crippen LogP contribution in [0.1, 0.15) is 30.1 Å². The predicted molar refractivity (Wildman–Crippen MR) is 59.8 cm³/mol. The summed E-state index contributed by atoms with van der Waals surface area (Å²) in [6.07, 6.45) is 0.779. The highest BCUT2D eigenvalue weighted by atomic mass is 19.1. The molecule has 0 radical (unpaired) electrons. The van der Waals surface area contributed by atoms with Crippen LogP contribution >= 0.6 is 0 Å². The number of rotatable bonds is 4. The Labute approximate surface area is 98.7 Å². The van der Waals surface area contributed by atoms with Gasteiger partial charge in [-0.1, -0.05) is 6.92 Å². The van der Waals surface area contributed by atoms with Crippen molar-refractivity contribution in [2.45, 2.75) is 25.8 Å². The van der Waals surface area contributed by atoms with Crippen molar-refractivity contribution in [2.75, 3.05) is 0 Å². The molecule has 5 heteroatoms. The Kier molecular flexibility index (Phi) is 4.46. The van der Waals surface area contributed by atoms with Crippen LogP contribution in [0.25, 0.3) is 0 Å². The van der Waals surface area contributed by atoms with E-state index in [2.05, 4.69) is 5.32 Å². The summed E-state index contributed by atoms with van der Waals surface area (Å²) in [6.45, 7) is 1.83. The summed E-state index contributed by atoms with van der Waals surface area (Å²) in [5, 5.41) is 20.1. The Morgan fingerprint density at radius 1 is 1.65 bits per heavy atom. The molecule has 0 aromatic heterocycles. The number of halogens is 1. The number of nitrogens with one attached hydrogen (secondary N) is 1. The summed E-state index contributed by atoms with van der Waals surface area (Å²) < 4.78 is 13.4. The average molecular weight is 236 g/mol. The lowest BCUT2D eigenvalue weighted by Gasteiger charge is -2.13. The maximum atomic E-state index is 13.4. The van der Waals surface area contributed by atoms with Crippen LogP contribution < -0.4 is 5.32 Å². The van der Waals surface area contributed by atoms with Crippen molar-refractivity contribution in [3.05, 3.63) is 29.6 Å². The third-order valence-corrected chi connectivity index (χ3v) is 2.36. The molecule has 1 atom stereocenters. The zero-order valence-corrected chi connectivity index (χ0v) is 9.40. The maximum Gasteiger partial charge on any atom is 0.254 e. The van der Waals surface area contributed by atoms with Crippen LogP contribution in [0.3, 0.4) is 0 Å². The number of phenolic OH excluding ortho intramolecular Hbond substituents is 1. The molecule has 4 nitrogen and oxygen atoms in total. The van der Waals surface area contributed by atoms with E-state index in [1.807, 2.05) is 13.0 Å². The van der Waals surface area contributed by atoms with Gasteiger partial charge in [-0.3, -0.25) is 4.79 Å². The molecule has 0 aliphatic rings. The van der Waals surface area contributed by atoms with E-state index >= 15 is 0 Å². The third kappa shape index (κ3) is 3.45. The van der Waals surface area contributed by atoms with E-state index in [1.165, 1.54) is 12.1 Å². The van der Waals surface area contributed by atoms with Crippen molar-refractivity contribution >= 4 is 5.91 Å². The lowest BCUT2D eigenvalue weighted by atomic mass is 10.1. The van der Waals surface area contributed by atoms with E-state index in [0.29, 0.717) is 6.42 Å². The Bertz CT molecular complexity index is 454. The number of phenols is 1. The topological polar surface area (TPSA) is 73.1 Å². The lowest BCUT2D eigenvalue weighted by molar-refractivity contribution is 0.0932. The van der Waals surface area contributed by atoms with Crippen molar-refractivity contribution in [1.82, 2.24) is 5.32 Å². The molecule has 0 saturated heterocycles. The fourth-order valence-corrected chi connectivity index (χ4v) is 1.36. The van der Waals surface area contributed by atoms with Crippen molar-refractivity contribution < 1.29 is 14.3 Å². The molecule has 0 heterocycles. The minimum atomic E-state index is -0.783. The van der Waals surface area contributed by atoms with E-state index in [0.717, 1.165) is 6.07 Å². The molecule has 2 N–H and O–H groups in total. The number of carbonyl (C=O) groups is 1. The monoisotopic (exact) mass is 236 g/mol. The molecule has 1 amide bonds. The molecule has 90 valence electrons. The largest absolute Gasteiger partial charge is 0.508 e. The number of aromatic hydroxyl groups is 1. The molecule has 0 aliphatic carbocycles. The zero-order chi connectivity index (χ0) is 12.8. The van der Waals surface area contributed by atoms with Crippen LogP contribution in [0, 0.1) is 17.1 Å². The van der Waals surface area contributed by atoms with Gasteiger partial charge < -0.3 is 10.4 Å². The highest BCUT2D eigenvalue weighted by molar-refractivity contribution is 5.94. The molecule has 1 aromatic carbocycles. The van der Waals surface area contributed by atoms with Gasteiger partial charge in [0.05, 0.1) is 18.1 Å². The van der Waals surface area contributed by atoms with Crippen molar-refractivity contribution in [3.63, 3.8) is 0 Å². The van der Waals surface area contributed by atoms with Gasteiger partial charge in [-0.25, -0.2) is 4.39 Å². The van der Waals surface area contributed by atoms with Gasteiger partial charge in [-0.2, -0.15) is 5.26 Å². The second-order valence-electron chi connectivity index (χ2n) is 3.61. The number of hydrogen-bond donors (Lipinski definition) is 2. The first-order chi connectivity index (χ1) is 8.08. The standard InChI is InChI=1S/C12H13FN2O2/c1-2-8(5-6-14)15-12(17)10-4-3-9(16)7-11(10)13/h3-4,7-8,16H,2,5H2,1H3,(H,15,17). The molecule has 0 fully saturated rings. The van der Waals surface area contributed by atoms with Crippen molar-refractivity contribution in [2.24, 2.45) is 0 Å². The van der Waals surface area contributed by atoms with E-state index in [-0.39, 0.29) is 23.8 Å². The van der Waals surface area contributed by atoms with E-state index in [1.54, 1.807) is 0 Å². The molecule has 0 spiro atoms. The molecular formula is C12H13FN2O2. The summed E-state index contributed by atoms with van der Waals surface area (Å²) in [7, 11) is 0. The van der Waals surface area contributed by atoms with Gasteiger partial charge >= 0.3 is 0 Å². The molecule has 0 aliphatic heterocycles. The molecular weight excluding hydrogens is 223 g/mol. The highest BCUT2D eigenvalue weighted by Crippen LogP contribution is 2.15. The number of amides is 1. The second kappa shape index (κ2) is 5.85. The first kappa shape index (κ1) is 13.0. The van der Waals surface area contributed by atoms with Crippen LogP contribution in [-0.4, -0.2) is 17.1 Å². The van der Waals surface area contributed by atoms with E-state index in [9.17, 15) is 9.18 Å². The number of nitrogens with zero attached hydrogens (tertiary/aromatic N) is 1. The quantitative estimate of drug-likeness (QED) is 0.839. The van der Waals surface area contributed by atoms with Crippen LogP contribution in [0.4, 0.5) is 4.39 Å². The van der Waals surface area contributed by atoms with Crippen LogP contribution in [0.5, 0.6) is 5.75 Å². The molecule has 0 bridgehead atoms. The summed E-state index contributed by atoms with van der Waals surface area (Å²) >= 11 is 0. The summed E-state index contributed by atoms with van der Waals surface area (Å²) in [5.41, 5.74) is -0.140. The van der Waals surface area contributed by atoms with Gasteiger partial charge in [0.2, 0.25) is 0 Å². The minimum absolute atomic E-state index is 0.140. The molecule has 1 unspecified atom stereocenters. The fourth-order valence-electron chi connectivity index (χ4n) is 1.36. The summed E-state index contributed by atoms with van der Waals surface area (Å²) in [6, 6.07) is 4.98. The summed E-state index contributed by atoms with van der Waals surface area (Å²) in [4.78, 5) is 11.7. The Morgan fingerprint density at radius 3 is 2.88 bits per heavy atom. The first-order valence-electron chi connectivity index (χ1n) is 5.24. The maximum absolute atomic E-state index is 13.4. The first-order valence-corrected chi connectivity index (χ1v) is 5.24. The van der Waals surface area contributed by atoms with E-state index < -0.39 is 11.7 Å². The number of carbonyl (C=O) groups excluding carboxylic acids is 1. The highest BCUT2D eigenvalue weighted by Gasteiger charge is 2.15. The number of hydrogen-bond acceptors (Lipinski definition) is 3. The second-order valence-corrected chi connectivity index (χ2v) is 3.61. The molecule has 17 heavy (non-hydrogen) atoms. The van der Waals surface area contributed by atoms with Gasteiger partial charge in [0.25, 0.3) is 5.91 Å². The van der Waals surface area contributed by atoms with Crippen molar-refractivity contribution in [1.29, 1.82) is 5.26 Å². The molecule has 1 rings (SSSR count). The van der Waals surface area contributed by atoms with Crippen LogP contribution in [0.15, 0.2) is 18.2 Å². The van der Waals surface area contributed by atoms with Gasteiger partial charge in [0.1, 0.15) is 11.6 Å². The Morgan fingerprint density at radius 2 is 2.35 bits per heavy atom. The average Bonchev–Trinajstić information content (AvgIpc) is 2.28. The minimum Gasteiger partial charge on any atom is -0.508 e. The van der Waals surface area contributed by atoms with Gasteiger partial charge in [-0.05, 0) is 18.6 Å². The van der Waals surface area contributed by atoms with Gasteiger partial charge in [-0.15, -0.1) is 0 Å². The lowest BCUT2D eigenvalue weighted by Crippen LogP contribution is -2.34. The molecule has 0 saturated carbocycles. The smallest absolute Gasteiger partial charge is 0.254 e. The van der Waals surface area contributed by atoms with Crippen molar-refractivity contribution in [3.8, 4) is 11.8 Å². The fraction of sp³-hybridized carbons (Fsp3) is 0.333. The molecule has 1 aromatic rings. The van der Waals surface area contributed by atoms with E-state index in [4.69, 9.17) is 10.4 Å². The normalized spacial score (nSPS) is 11.6. The van der Waals surface area contributed by atoms with Crippen LogP contribution in [0.2, 0.25) is 0 Å². The Balaban J connectivity index is 2.79. The number of nitriles is 1. The van der Waals surface area contributed by atoms with Gasteiger partial charge in [0, 0.05) is 12.1 Å². The Hall–Kier alpha value is -2.09. The summed E-state index contributed by atoms with van der Waals surface area (Å²) in [5.74, 6) is -1.60. The number of benzene rings is 1. The van der Waals surface area contributed by atoms with Crippen LogP contribution in [-0.2, 0) is 0 Å².